The van der Waals surface area contributed by atoms with Crippen LogP contribution in [-0.4, -0.2) is 38.4 Å². The first-order chi connectivity index (χ1) is 12.4. The minimum Gasteiger partial charge on any atom is -0.494 e. The molecule has 26 heavy (non-hydrogen) atoms. The second-order valence-electron chi connectivity index (χ2n) is 5.63. The van der Waals surface area contributed by atoms with Crippen LogP contribution in [0.5, 0.6) is 5.75 Å². The second kappa shape index (κ2) is 9.23. The predicted molar refractivity (Wildman–Crippen MR) is 100 cm³/mol. The molecule has 1 aromatic carbocycles. The van der Waals surface area contributed by atoms with Crippen molar-refractivity contribution in [3.05, 3.63) is 30.1 Å². The highest BCUT2D eigenvalue weighted by atomic mass is 32.2. The van der Waals surface area contributed by atoms with Crippen molar-refractivity contribution in [2.75, 3.05) is 11.9 Å². The van der Waals surface area contributed by atoms with Crippen LogP contribution in [0.1, 0.15) is 26.1 Å². The van der Waals surface area contributed by atoms with Crippen molar-refractivity contribution in [1.82, 2.24) is 14.8 Å². The standard InChI is InChI=1S/C17H23N5O3S/c1-4-25-13-7-5-12(6-8-13)19-16(24)11(2)26-17-21-20-15(22(17)3)10-9-14(18)23/h5-8,11H,4,9-10H2,1-3H3,(H2,18,23)(H,19,24)/t11-/m0/s1. The Bertz CT molecular complexity index is 760. The highest BCUT2D eigenvalue weighted by Crippen LogP contribution is 2.23. The molecule has 0 aliphatic carbocycles. The van der Waals surface area contributed by atoms with Crippen LogP contribution in [0.25, 0.3) is 0 Å². The first kappa shape index (κ1) is 19.8. The lowest BCUT2D eigenvalue weighted by molar-refractivity contribution is -0.118. The monoisotopic (exact) mass is 377 g/mol. The zero-order chi connectivity index (χ0) is 19.1. The summed E-state index contributed by atoms with van der Waals surface area (Å²) in [5.41, 5.74) is 5.85. The highest BCUT2D eigenvalue weighted by Gasteiger charge is 2.19. The molecule has 2 aromatic rings. The first-order valence-corrected chi connectivity index (χ1v) is 9.15. The molecule has 0 saturated carbocycles. The molecule has 2 rings (SSSR count). The lowest BCUT2D eigenvalue weighted by Gasteiger charge is -2.12. The number of hydrogen-bond acceptors (Lipinski definition) is 6. The predicted octanol–water partition coefficient (Wildman–Crippen LogP) is 1.75. The number of rotatable bonds is 9. The minimum atomic E-state index is -0.384. The van der Waals surface area contributed by atoms with Crippen LogP contribution in [-0.2, 0) is 23.1 Å². The Labute approximate surface area is 156 Å². The third-order valence-electron chi connectivity index (χ3n) is 3.60. The molecule has 3 N–H and O–H groups in total. The van der Waals surface area contributed by atoms with Crippen LogP contribution in [0.2, 0.25) is 0 Å². The molecule has 0 saturated heterocycles. The zero-order valence-electron chi connectivity index (χ0n) is 15.1. The van der Waals surface area contributed by atoms with Crippen LogP contribution in [0.15, 0.2) is 29.4 Å². The summed E-state index contributed by atoms with van der Waals surface area (Å²) in [6.45, 7) is 4.31. The molecule has 0 aliphatic rings. The molecule has 0 radical (unpaired) electrons. The number of primary amides is 1. The van der Waals surface area contributed by atoms with Gasteiger partial charge in [-0.3, -0.25) is 9.59 Å². The summed E-state index contributed by atoms with van der Waals surface area (Å²) in [7, 11) is 1.80. The Morgan fingerprint density at radius 3 is 2.62 bits per heavy atom. The molecule has 8 nitrogen and oxygen atoms in total. The van der Waals surface area contributed by atoms with E-state index in [0.29, 0.717) is 29.7 Å². The average Bonchev–Trinajstić information content (AvgIpc) is 2.95. The van der Waals surface area contributed by atoms with Crippen LogP contribution < -0.4 is 15.8 Å². The van der Waals surface area contributed by atoms with Gasteiger partial charge in [-0.1, -0.05) is 11.8 Å². The SMILES string of the molecule is CCOc1ccc(NC(=O)[C@H](C)Sc2nnc(CCC(N)=O)n2C)cc1. The van der Waals surface area contributed by atoms with E-state index >= 15 is 0 Å². The maximum Gasteiger partial charge on any atom is 0.237 e. The van der Waals surface area contributed by atoms with Crippen LogP contribution in [0, 0.1) is 0 Å². The highest BCUT2D eigenvalue weighted by molar-refractivity contribution is 8.00. The molecule has 0 unspecified atom stereocenters. The van der Waals surface area contributed by atoms with Crippen molar-refractivity contribution >= 4 is 29.3 Å². The molecular weight excluding hydrogens is 354 g/mol. The quantitative estimate of drug-likeness (QED) is 0.644. The molecule has 0 bridgehead atoms. The Hall–Kier alpha value is -2.55. The van der Waals surface area contributed by atoms with Crippen molar-refractivity contribution in [1.29, 1.82) is 0 Å². The van der Waals surface area contributed by atoms with Gasteiger partial charge < -0.3 is 20.4 Å². The molecule has 1 atom stereocenters. The Morgan fingerprint density at radius 2 is 2.00 bits per heavy atom. The lowest BCUT2D eigenvalue weighted by Crippen LogP contribution is -2.22. The number of thioether (sulfide) groups is 1. The number of nitrogens with zero attached hydrogens (tertiary/aromatic N) is 3. The number of nitrogens with two attached hydrogens (primary N) is 1. The smallest absolute Gasteiger partial charge is 0.237 e. The lowest BCUT2D eigenvalue weighted by atomic mass is 10.3. The van der Waals surface area contributed by atoms with Crippen molar-refractivity contribution in [3.63, 3.8) is 0 Å². The number of nitrogens with one attached hydrogen (secondary N) is 1. The van der Waals surface area contributed by atoms with Crippen molar-refractivity contribution < 1.29 is 14.3 Å². The fourth-order valence-corrected chi connectivity index (χ4v) is 2.99. The third-order valence-corrected chi connectivity index (χ3v) is 4.74. The van der Waals surface area contributed by atoms with Crippen molar-refractivity contribution in [2.45, 2.75) is 37.1 Å². The molecule has 0 aliphatic heterocycles. The average molecular weight is 377 g/mol. The van der Waals surface area contributed by atoms with Gasteiger partial charge in [0, 0.05) is 25.6 Å². The maximum absolute atomic E-state index is 12.4. The van der Waals surface area contributed by atoms with Crippen LogP contribution in [0.3, 0.4) is 0 Å². The maximum atomic E-state index is 12.4. The van der Waals surface area contributed by atoms with Gasteiger partial charge in [0.1, 0.15) is 11.6 Å². The number of aromatic nitrogens is 3. The van der Waals surface area contributed by atoms with Gasteiger partial charge in [0.25, 0.3) is 0 Å². The van der Waals surface area contributed by atoms with Crippen LogP contribution in [0.4, 0.5) is 5.69 Å². The fourth-order valence-electron chi connectivity index (χ4n) is 2.16. The molecule has 9 heteroatoms. The summed E-state index contributed by atoms with van der Waals surface area (Å²) in [6.07, 6.45) is 0.635. The molecule has 0 fully saturated rings. The zero-order valence-corrected chi connectivity index (χ0v) is 15.9. The Kier molecular flexibility index (Phi) is 7.02. The number of carbonyl (C=O) groups excluding carboxylic acids is 2. The van der Waals surface area contributed by atoms with E-state index in [1.54, 1.807) is 30.7 Å². The van der Waals surface area contributed by atoms with Gasteiger partial charge in [0.05, 0.1) is 11.9 Å². The van der Waals surface area contributed by atoms with Gasteiger partial charge in [-0.2, -0.15) is 0 Å². The fraction of sp³-hybridized carbons (Fsp3) is 0.412. The van der Waals surface area contributed by atoms with Crippen molar-refractivity contribution in [2.24, 2.45) is 12.8 Å². The Balaban J connectivity index is 1.93. The van der Waals surface area contributed by atoms with E-state index in [-0.39, 0.29) is 23.5 Å². The van der Waals surface area contributed by atoms with E-state index in [4.69, 9.17) is 10.5 Å². The van der Waals surface area contributed by atoms with E-state index < -0.39 is 0 Å². The van der Waals surface area contributed by atoms with E-state index in [9.17, 15) is 9.59 Å². The number of amides is 2. The van der Waals surface area contributed by atoms with Gasteiger partial charge in [0.15, 0.2) is 5.16 Å². The summed E-state index contributed by atoms with van der Waals surface area (Å²) < 4.78 is 7.15. The summed E-state index contributed by atoms with van der Waals surface area (Å²) >= 11 is 1.30. The van der Waals surface area contributed by atoms with E-state index in [0.717, 1.165) is 5.75 Å². The number of ether oxygens (including phenoxy) is 1. The molecule has 2 amide bonds. The van der Waals surface area contributed by atoms with E-state index in [1.165, 1.54) is 11.8 Å². The summed E-state index contributed by atoms with van der Waals surface area (Å²) in [4.78, 5) is 23.3. The number of benzene rings is 1. The summed E-state index contributed by atoms with van der Waals surface area (Å²) in [6, 6.07) is 7.21. The van der Waals surface area contributed by atoms with Gasteiger partial charge >= 0.3 is 0 Å². The number of hydrogen-bond donors (Lipinski definition) is 2. The molecule has 1 heterocycles. The van der Waals surface area contributed by atoms with Crippen molar-refractivity contribution in [3.8, 4) is 5.75 Å². The normalized spacial score (nSPS) is 11.8. The van der Waals surface area contributed by atoms with Gasteiger partial charge in [-0.05, 0) is 38.1 Å². The minimum absolute atomic E-state index is 0.138. The second-order valence-corrected chi connectivity index (χ2v) is 6.94. The molecular formula is C17H23N5O3S. The van der Waals surface area contributed by atoms with Gasteiger partial charge in [-0.25, -0.2) is 0 Å². The largest absolute Gasteiger partial charge is 0.494 e. The first-order valence-electron chi connectivity index (χ1n) is 8.27. The third kappa shape index (κ3) is 5.48. The van der Waals surface area contributed by atoms with Gasteiger partial charge in [-0.15, -0.1) is 10.2 Å². The number of carbonyl (C=O) groups is 2. The number of anilines is 1. The van der Waals surface area contributed by atoms with E-state index in [1.807, 2.05) is 19.1 Å². The topological polar surface area (TPSA) is 112 Å². The summed E-state index contributed by atoms with van der Waals surface area (Å²) in [5, 5.41) is 11.2. The molecule has 0 spiro atoms. The van der Waals surface area contributed by atoms with E-state index in [2.05, 4.69) is 15.5 Å². The van der Waals surface area contributed by atoms with Gasteiger partial charge in [0.2, 0.25) is 11.8 Å². The van der Waals surface area contributed by atoms with Crippen LogP contribution >= 0.6 is 11.8 Å². The number of aryl methyl sites for hydroxylation is 1. The molecule has 140 valence electrons. The Morgan fingerprint density at radius 1 is 1.31 bits per heavy atom. The molecule has 1 aromatic heterocycles. The summed E-state index contributed by atoms with van der Waals surface area (Å²) in [5.74, 6) is 0.895.